The van der Waals surface area contributed by atoms with Gasteiger partial charge >= 0.3 is 0 Å². The van der Waals surface area contributed by atoms with E-state index in [0.717, 1.165) is 12.4 Å². The molecule has 0 saturated carbocycles. The van der Waals surface area contributed by atoms with Gasteiger partial charge in [0.1, 0.15) is 17.6 Å². The standard InChI is InChI=1S/C14H23ClN4O/c1-4-20-10-13-16-12(15)8-14(17-13)19(3)9-11-6-5-7-18(11)2/h8,11H,4-7,9-10H2,1-3H3. The number of rotatable bonds is 6. The van der Waals surface area contributed by atoms with Crippen LogP contribution in [0.4, 0.5) is 5.82 Å². The van der Waals surface area contributed by atoms with Gasteiger partial charge in [-0.05, 0) is 33.4 Å². The predicted molar refractivity (Wildman–Crippen MR) is 81.3 cm³/mol. The number of halogens is 1. The Morgan fingerprint density at radius 2 is 2.30 bits per heavy atom. The highest BCUT2D eigenvalue weighted by molar-refractivity contribution is 6.29. The lowest BCUT2D eigenvalue weighted by molar-refractivity contribution is 0.128. The summed E-state index contributed by atoms with van der Waals surface area (Å²) in [5.74, 6) is 1.50. The molecule has 0 aliphatic carbocycles. The number of ether oxygens (including phenoxy) is 1. The van der Waals surface area contributed by atoms with Gasteiger partial charge in [0, 0.05) is 32.3 Å². The van der Waals surface area contributed by atoms with Crippen molar-refractivity contribution in [1.82, 2.24) is 14.9 Å². The van der Waals surface area contributed by atoms with Crippen LogP contribution in [-0.2, 0) is 11.3 Å². The number of likely N-dealkylation sites (tertiary alicyclic amines) is 1. The first-order valence-electron chi connectivity index (χ1n) is 7.12. The molecule has 1 fully saturated rings. The van der Waals surface area contributed by atoms with E-state index in [4.69, 9.17) is 16.3 Å². The van der Waals surface area contributed by atoms with Crippen molar-refractivity contribution in [2.24, 2.45) is 0 Å². The number of hydrogen-bond acceptors (Lipinski definition) is 5. The largest absolute Gasteiger partial charge is 0.374 e. The van der Waals surface area contributed by atoms with E-state index in [2.05, 4.69) is 33.9 Å². The maximum absolute atomic E-state index is 6.07. The van der Waals surface area contributed by atoms with Crippen molar-refractivity contribution >= 4 is 17.4 Å². The fourth-order valence-corrected chi connectivity index (χ4v) is 2.72. The SMILES string of the molecule is CCOCc1nc(Cl)cc(N(C)CC2CCCN2C)n1. The molecule has 0 amide bonds. The maximum atomic E-state index is 6.07. The Labute approximate surface area is 125 Å². The van der Waals surface area contributed by atoms with Crippen molar-refractivity contribution in [2.75, 3.05) is 38.7 Å². The average molecular weight is 299 g/mol. The number of nitrogens with zero attached hydrogens (tertiary/aromatic N) is 4. The normalized spacial score (nSPS) is 19.5. The monoisotopic (exact) mass is 298 g/mol. The van der Waals surface area contributed by atoms with Crippen molar-refractivity contribution in [1.29, 1.82) is 0 Å². The minimum atomic E-state index is 0.404. The third-order valence-electron chi connectivity index (χ3n) is 3.71. The molecular formula is C14H23ClN4O. The third kappa shape index (κ3) is 4.04. The zero-order valence-electron chi connectivity index (χ0n) is 12.5. The third-order valence-corrected chi connectivity index (χ3v) is 3.90. The predicted octanol–water partition coefficient (Wildman–Crippen LogP) is 2.20. The van der Waals surface area contributed by atoms with Gasteiger partial charge in [0.15, 0.2) is 5.82 Å². The smallest absolute Gasteiger partial charge is 0.158 e. The van der Waals surface area contributed by atoms with Gasteiger partial charge in [-0.1, -0.05) is 11.6 Å². The quantitative estimate of drug-likeness (QED) is 0.753. The van der Waals surface area contributed by atoms with Gasteiger partial charge < -0.3 is 14.5 Å². The van der Waals surface area contributed by atoms with Crippen molar-refractivity contribution in [3.05, 3.63) is 17.0 Å². The molecule has 0 N–H and O–H groups in total. The first-order chi connectivity index (χ1) is 9.60. The summed E-state index contributed by atoms with van der Waals surface area (Å²) in [5, 5.41) is 0.469. The Hall–Kier alpha value is -0.910. The van der Waals surface area contributed by atoms with Crippen molar-refractivity contribution in [3.8, 4) is 0 Å². The summed E-state index contributed by atoms with van der Waals surface area (Å²) in [7, 11) is 4.23. The van der Waals surface area contributed by atoms with Crippen molar-refractivity contribution in [3.63, 3.8) is 0 Å². The molecule has 0 radical (unpaired) electrons. The summed E-state index contributed by atoms with van der Waals surface area (Å²) in [6.07, 6.45) is 2.51. The summed E-state index contributed by atoms with van der Waals surface area (Å²) in [5.41, 5.74) is 0. The molecule has 5 nitrogen and oxygen atoms in total. The van der Waals surface area contributed by atoms with E-state index in [9.17, 15) is 0 Å². The van der Waals surface area contributed by atoms with Crippen LogP contribution in [-0.4, -0.2) is 54.7 Å². The van der Waals surface area contributed by atoms with Crippen LogP contribution in [0.2, 0.25) is 5.15 Å². The van der Waals surface area contributed by atoms with Gasteiger partial charge in [0.2, 0.25) is 0 Å². The Balaban J connectivity index is 2.04. The fraction of sp³-hybridized carbons (Fsp3) is 0.714. The molecule has 2 heterocycles. The van der Waals surface area contributed by atoms with Crippen LogP contribution < -0.4 is 4.90 Å². The molecule has 1 aromatic rings. The Bertz CT molecular complexity index is 443. The van der Waals surface area contributed by atoms with Crippen LogP contribution >= 0.6 is 11.6 Å². The lowest BCUT2D eigenvalue weighted by Gasteiger charge is -2.26. The molecule has 112 valence electrons. The summed E-state index contributed by atoms with van der Waals surface area (Å²) < 4.78 is 5.35. The molecule has 1 saturated heterocycles. The molecule has 1 aliphatic rings. The van der Waals surface area contributed by atoms with Gasteiger partial charge in [-0.25, -0.2) is 9.97 Å². The Kier molecular flexibility index (Phi) is 5.57. The number of likely N-dealkylation sites (N-methyl/N-ethyl adjacent to an activating group) is 2. The molecule has 1 aliphatic heterocycles. The van der Waals surface area contributed by atoms with Crippen molar-refractivity contribution < 1.29 is 4.74 Å². The van der Waals surface area contributed by atoms with Gasteiger partial charge in [-0.3, -0.25) is 0 Å². The van der Waals surface area contributed by atoms with Crippen LogP contribution in [0.3, 0.4) is 0 Å². The van der Waals surface area contributed by atoms with E-state index in [1.54, 1.807) is 0 Å². The molecule has 1 atom stereocenters. The summed E-state index contributed by atoms with van der Waals surface area (Å²) in [4.78, 5) is 13.3. The van der Waals surface area contributed by atoms with E-state index < -0.39 is 0 Å². The molecule has 20 heavy (non-hydrogen) atoms. The molecule has 1 aromatic heterocycles. The second-order valence-corrected chi connectivity index (χ2v) is 5.65. The lowest BCUT2D eigenvalue weighted by Crippen LogP contribution is -2.37. The highest BCUT2D eigenvalue weighted by atomic mass is 35.5. The molecular weight excluding hydrogens is 276 g/mol. The van der Waals surface area contributed by atoms with E-state index in [1.165, 1.54) is 19.4 Å². The molecule has 1 unspecified atom stereocenters. The van der Waals surface area contributed by atoms with Gasteiger partial charge in [-0.2, -0.15) is 0 Å². The van der Waals surface area contributed by atoms with Crippen LogP contribution in [0.25, 0.3) is 0 Å². The maximum Gasteiger partial charge on any atom is 0.158 e. The zero-order valence-corrected chi connectivity index (χ0v) is 13.2. The number of anilines is 1. The summed E-state index contributed by atoms with van der Waals surface area (Å²) in [6.45, 7) is 5.14. The fourth-order valence-electron chi connectivity index (χ4n) is 2.52. The van der Waals surface area contributed by atoms with Crippen LogP contribution in [0.15, 0.2) is 6.07 Å². The van der Waals surface area contributed by atoms with E-state index in [-0.39, 0.29) is 0 Å². The molecule has 0 spiro atoms. The first kappa shape index (κ1) is 15.5. The van der Waals surface area contributed by atoms with Crippen LogP contribution in [0, 0.1) is 0 Å². The molecule has 2 rings (SSSR count). The minimum absolute atomic E-state index is 0.404. The Morgan fingerprint density at radius 3 is 2.95 bits per heavy atom. The number of aromatic nitrogens is 2. The topological polar surface area (TPSA) is 41.5 Å². The van der Waals surface area contributed by atoms with E-state index in [0.29, 0.717) is 30.2 Å². The molecule has 0 aromatic carbocycles. The zero-order chi connectivity index (χ0) is 14.5. The highest BCUT2D eigenvalue weighted by Crippen LogP contribution is 2.20. The Morgan fingerprint density at radius 1 is 1.50 bits per heavy atom. The van der Waals surface area contributed by atoms with Crippen LogP contribution in [0.5, 0.6) is 0 Å². The lowest BCUT2D eigenvalue weighted by atomic mass is 10.2. The average Bonchev–Trinajstić information content (AvgIpc) is 2.81. The van der Waals surface area contributed by atoms with Gasteiger partial charge in [0.25, 0.3) is 0 Å². The van der Waals surface area contributed by atoms with E-state index in [1.807, 2.05) is 13.0 Å². The summed E-state index contributed by atoms with van der Waals surface area (Å²) >= 11 is 6.07. The molecule has 6 heteroatoms. The summed E-state index contributed by atoms with van der Waals surface area (Å²) in [6, 6.07) is 2.40. The van der Waals surface area contributed by atoms with Crippen LogP contribution in [0.1, 0.15) is 25.6 Å². The first-order valence-corrected chi connectivity index (χ1v) is 7.50. The van der Waals surface area contributed by atoms with Gasteiger partial charge in [0.05, 0.1) is 0 Å². The van der Waals surface area contributed by atoms with E-state index >= 15 is 0 Å². The highest BCUT2D eigenvalue weighted by Gasteiger charge is 2.22. The van der Waals surface area contributed by atoms with Gasteiger partial charge in [-0.15, -0.1) is 0 Å². The minimum Gasteiger partial charge on any atom is -0.374 e. The second kappa shape index (κ2) is 7.20. The molecule has 0 bridgehead atoms. The number of hydrogen-bond donors (Lipinski definition) is 0. The van der Waals surface area contributed by atoms with Crippen molar-refractivity contribution in [2.45, 2.75) is 32.4 Å². The second-order valence-electron chi connectivity index (χ2n) is 5.26.